The van der Waals surface area contributed by atoms with Crippen molar-refractivity contribution < 1.29 is 14.1 Å². The molecule has 3 heterocycles. The number of hydrogen-bond donors (Lipinski definition) is 2. The van der Waals surface area contributed by atoms with Gasteiger partial charge in [-0.2, -0.15) is 5.10 Å². The molecule has 1 aromatic carbocycles. The monoisotopic (exact) mass is 377 g/mol. The molecule has 1 amide bonds. The first-order chi connectivity index (χ1) is 13.7. The lowest BCUT2D eigenvalue weighted by molar-refractivity contribution is -0.929. The average Bonchev–Trinajstić information content (AvgIpc) is 3.31. The Bertz CT molecular complexity index is 1050. The third-order valence-electron chi connectivity index (χ3n) is 6.08. The number of nitrogens with one attached hydrogen (secondary N) is 2. The molecule has 1 aliphatic heterocycles. The molecule has 0 bridgehead atoms. The molecule has 144 valence electrons. The summed E-state index contributed by atoms with van der Waals surface area (Å²) in [6.45, 7) is 4.53. The Hall–Kier alpha value is -2.86. The number of benzene rings is 1. The van der Waals surface area contributed by atoms with Crippen LogP contribution in [0, 0.1) is 6.92 Å². The number of nitrogens with zero attached hydrogens (tertiary/aromatic N) is 2. The molecule has 0 radical (unpaired) electrons. The van der Waals surface area contributed by atoms with Crippen LogP contribution in [-0.4, -0.2) is 29.8 Å². The second-order valence-corrected chi connectivity index (χ2v) is 7.87. The van der Waals surface area contributed by atoms with Gasteiger partial charge in [0, 0.05) is 17.3 Å². The van der Waals surface area contributed by atoms with Crippen LogP contribution in [0.15, 0.2) is 46.1 Å². The van der Waals surface area contributed by atoms with Crippen LogP contribution in [-0.2, 0) is 17.8 Å². The van der Waals surface area contributed by atoms with Crippen molar-refractivity contribution in [3.05, 3.63) is 59.2 Å². The van der Waals surface area contributed by atoms with Gasteiger partial charge in [-0.15, -0.1) is 0 Å². The van der Waals surface area contributed by atoms with E-state index in [1.165, 1.54) is 45.3 Å². The van der Waals surface area contributed by atoms with E-state index < -0.39 is 0 Å². The number of rotatable bonds is 4. The third-order valence-corrected chi connectivity index (χ3v) is 6.08. The van der Waals surface area contributed by atoms with E-state index in [4.69, 9.17) is 4.42 Å². The van der Waals surface area contributed by atoms with Crippen LogP contribution in [0.5, 0.6) is 0 Å². The molecule has 0 fully saturated rings. The van der Waals surface area contributed by atoms with Crippen molar-refractivity contribution in [1.29, 1.82) is 0 Å². The van der Waals surface area contributed by atoms with E-state index in [2.05, 4.69) is 40.2 Å². The first kappa shape index (κ1) is 17.3. The van der Waals surface area contributed by atoms with Crippen molar-refractivity contribution >= 4 is 23.0 Å². The van der Waals surface area contributed by atoms with Gasteiger partial charge in [-0.1, -0.05) is 11.6 Å². The lowest BCUT2D eigenvalue weighted by Crippen LogP contribution is -3.14. The molecule has 2 atom stereocenters. The van der Waals surface area contributed by atoms with Crippen LogP contribution in [0.2, 0.25) is 0 Å². The van der Waals surface area contributed by atoms with Crippen LogP contribution >= 0.6 is 0 Å². The first-order valence-electron chi connectivity index (χ1n) is 10.0. The molecule has 0 spiro atoms. The van der Waals surface area contributed by atoms with Crippen LogP contribution in [0.1, 0.15) is 41.5 Å². The summed E-state index contributed by atoms with van der Waals surface area (Å²) in [7, 11) is 0. The van der Waals surface area contributed by atoms with Gasteiger partial charge in [0.15, 0.2) is 6.54 Å². The van der Waals surface area contributed by atoms with E-state index >= 15 is 0 Å². The maximum absolute atomic E-state index is 12.4. The molecule has 2 N–H and O–H groups in total. The topological polar surface area (TPSA) is 64.0 Å². The molecule has 0 saturated heterocycles. The molecule has 28 heavy (non-hydrogen) atoms. The van der Waals surface area contributed by atoms with Gasteiger partial charge in [-0.25, -0.2) is 5.43 Å². The first-order valence-corrected chi connectivity index (χ1v) is 10.0. The SMILES string of the molecule is Cc1ccc2c(c1)c1c3n2CC[NH+](CC(=O)N/N=C\c2ccco2)[C@H]3CCC1. The molecule has 5 rings (SSSR count). The number of fused-ring (bicyclic) bond motifs is 3. The molecule has 0 saturated carbocycles. The highest BCUT2D eigenvalue weighted by atomic mass is 16.3. The number of aryl methyl sites for hydroxylation is 2. The minimum Gasteiger partial charge on any atom is -0.463 e. The van der Waals surface area contributed by atoms with Gasteiger partial charge in [-0.3, -0.25) is 4.79 Å². The summed E-state index contributed by atoms with van der Waals surface area (Å²) in [5.74, 6) is 0.577. The van der Waals surface area contributed by atoms with Crippen LogP contribution in [0.25, 0.3) is 10.9 Å². The van der Waals surface area contributed by atoms with Crippen LogP contribution in [0.3, 0.4) is 0 Å². The normalized spacial score (nSPS) is 21.2. The minimum absolute atomic E-state index is 0.0506. The van der Waals surface area contributed by atoms with Crippen molar-refractivity contribution in [3.63, 3.8) is 0 Å². The summed E-state index contributed by atoms with van der Waals surface area (Å²) < 4.78 is 7.69. The highest BCUT2D eigenvalue weighted by Gasteiger charge is 2.38. The quantitative estimate of drug-likeness (QED) is 0.539. The molecular formula is C22H25N4O2+. The largest absolute Gasteiger partial charge is 0.463 e. The summed E-state index contributed by atoms with van der Waals surface area (Å²) >= 11 is 0. The maximum atomic E-state index is 12.4. The number of quaternary nitrogens is 1. The number of aromatic nitrogens is 1. The fraction of sp³-hybridized carbons (Fsp3) is 0.364. The average molecular weight is 377 g/mol. The molecule has 2 aliphatic rings. The predicted octanol–water partition coefficient (Wildman–Crippen LogP) is 1.97. The highest BCUT2D eigenvalue weighted by Crippen LogP contribution is 2.37. The second kappa shape index (κ2) is 6.95. The Balaban J connectivity index is 1.36. The Morgan fingerprint density at radius 3 is 3.21 bits per heavy atom. The third kappa shape index (κ3) is 2.94. The number of furan rings is 1. The van der Waals surface area contributed by atoms with Gasteiger partial charge in [0.25, 0.3) is 5.91 Å². The Morgan fingerprint density at radius 2 is 2.36 bits per heavy atom. The van der Waals surface area contributed by atoms with Crippen LogP contribution < -0.4 is 10.3 Å². The summed E-state index contributed by atoms with van der Waals surface area (Å²) in [4.78, 5) is 13.8. The van der Waals surface area contributed by atoms with Crippen molar-refractivity contribution in [2.45, 2.75) is 38.8 Å². The Morgan fingerprint density at radius 1 is 1.43 bits per heavy atom. The maximum Gasteiger partial charge on any atom is 0.295 e. The number of hydrogen-bond acceptors (Lipinski definition) is 3. The fourth-order valence-corrected chi connectivity index (χ4v) is 4.90. The molecule has 6 heteroatoms. The number of carbonyl (C=O) groups is 1. The number of hydrazone groups is 1. The summed E-state index contributed by atoms with van der Waals surface area (Å²) in [5.41, 5.74) is 8.28. The summed E-state index contributed by atoms with van der Waals surface area (Å²) in [6, 6.07) is 10.8. The Labute approximate surface area is 163 Å². The Kier molecular flexibility index (Phi) is 4.28. The zero-order valence-corrected chi connectivity index (χ0v) is 16.1. The molecular weight excluding hydrogens is 352 g/mol. The van der Waals surface area contributed by atoms with Gasteiger partial charge in [-0.05, 0) is 49.6 Å². The number of carbonyl (C=O) groups excluding carboxylic acids is 1. The number of amides is 1. The fourth-order valence-electron chi connectivity index (χ4n) is 4.90. The second-order valence-electron chi connectivity index (χ2n) is 7.87. The van der Waals surface area contributed by atoms with Crippen molar-refractivity contribution in [3.8, 4) is 0 Å². The van der Waals surface area contributed by atoms with Gasteiger partial charge in [0.1, 0.15) is 11.8 Å². The summed E-state index contributed by atoms with van der Waals surface area (Å²) in [6.07, 6.45) is 6.59. The van der Waals surface area contributed by atoms with Gasteiger partial charge >= 0.3 is 0 Å². The predicted molar refractivity (Wildman–Crippen MR) is 107 cm³/mol. The molecule has 1 unspecified atom stereocenters. The zero-order chi connectivity index (χ0) is 19.1. The standard InChI is InChI=1S/C22H24N4O2/c1-15-7-8-19-18(12-15)17-5-2-6-20-22(17)26(19)10-9-25(20)14-21(27)24-23-13-16-4-3-11-28-16/h3-4,7-8,11-13,20H,2,5-6,9-10,14H2,1H3,(H,24,27)/p+1/b23-13-/t20-/m0/s1. The molecule has 3 aromatic rings. The van der Waals surface area contributed by atoms with Gasteiger partial charge < -0.3 is 13.9 Å². The van der Waals surface area contributed by atoms with E-state index in [-0.39, 0.29) is 5.91 Å². The van der Waals surface area contributed by atoms with E-state index in [1.807, 2.05) is 0 Å². The highest BCUT2D eigenvalue weighted by molar-refractivity contribution is 5.87. The lowest BCUT2D eigenvalue weighted by Gasteiger charge is -2.36. The minimum atomic E-state index is -0.0506. The zero-order valence-electron chi connectivity index (χ0n) is 16.1. The summed E-state index contributed by atoms with van der Waals surface area (Å²) in [5, 5.41) is 5.42. The van der Waals surface area contributed by atoms with Crippen molar-refractivity contribution in [2.75, 3.05) is 13.1 Å². The van der Waals surface area contributed by atoms with Crippen molar-refractivity contribution in [1.82, 2.24) is 9.99 Å². The molecule has 1 aliphatic carbocycles. The van der Waals surface area contributed by atoms with Crippen molar-refractivity contribution in [2.24, 2.45) is 5.10 Å². The smallest absolute Gasteiger partial charge is 0.295 e. The lowest BCUT2D eigenvalue weighted by atomic mass is 9.89. The molecule has 2 aromatic heterocycles. The molecule has 6 nitrogen and oxygen atoms in total. The van der Waals surface area contributed by atoms with E-state index in [0.29, 0.717) is 18.3 Å². The van der Waals surface area contributed by atoms with E-state index in [0.717, 1.165) is 25.9 Å². The van der Waals surface area contributed by atoms with Gasteiger partial charge in [0.05, 0.1) is 31.3 Å². The van der Waals surface area contributed by atoms with Gasteiger partial charge in [0.2, 0.25) is 0 Å². The van der Waals surface area contributed by atoms with E-state index in [1.54, 1.807) is 18.4 Å². The van der Waals surface area contributed by atoms with Crippen LogP contribution in [0.4, 0.5) is 0 Å². The van der Waals surface area contributed by atoms with E-state index in [9.17, 15) is 4.79 Å².